The van der Waals surface area contributed by atoms with E-state index in [0.717, 1.165) is 12.8 Å². The van der Waals surface area contributed by atoms with Crippen LogP contribution in [0, 0.1) is 11.7 Å². The number of benzene rings is 1. The van der Waals surface area contributed by atoms with Crippen LogP contribution in [0.15, 0.2) is 18.2 Å². The van der Waals surface area contributed by atoms with Crippen molar-refractivity contribution in [1.82, 2.24) is 4.90 Å². The van der Waals surface area contributed by atoms with Gasteiger partial charge in [0.2, 0.25) is 0 Å². The summed E-state index contributed by atoms with van der Waals surface area (Å²) in [4.78, 5) is 13.5. The van der Waals surface area contributed by atoms with Crippen molar-refractivity contribution < 1.29 is 14.3 Å². The van der Waals surface area contributed by atoms with Gasteiger partial charge >= 0.3 is 0 Å². The Bertz CT molecular complexity index is 510. The van der Waals surface area contributed by atoms with E-state index in [1.54, 1.807) is 0 Å². The Morgan fingerprint density at radius 1 is 1.44 bits per heavy atom. The normalized spacial score (nSPS) is 21.6. The zero-order valence-electron chi connectivity index (χ0n) is 9.70. The van der Waals surface area contributed by atoms with Crippen LogP contribution in [0.2, 0.25) is 5.02 Å². The molecule has 2 fully saturated rings. The number of hydrogen-bond donors (Lipinski definition) is 1. The van der Waals surface area contributed by atoms with Crippen LogP contribution >= 0.6 is 11.6 Å². The number of carbonyl (C=O) groups is 1. The number of likely N-dealkylation sites (tertiary alicyclic amines) is 1. The summed E-state index contributed by atoms with van der Waals surface area (Å²) in [5.74, 6) is -0.669. The highest BCUT2D eigenvalue weighted by Crippen LogP contribution is 2.44. The minimum absolute atomic E-state index is 0.0275. The van der Waals surface area contributed by atoms with Crippen LogP contribution in [-0.4, -0.2) is 34.6 Å². The van der Waals surface area contributed by atoms with Crippen LogP contribution in [0.1, 0.15) is 23.2 Å². The van der Waals surface area contributed by atoms with Gasteiger partial charge in [0.05, 0.1) is 18.7 Å². The SMILES string of the molecule is O=C(c1cc(Cl)ccc1F)N1CC(O)(C2CC2)C1. The smallest absolute Gasteiger partial charge is 0.257 e. The van der Waals surface area contributed by atoms with Crippen LogP contribution in [0.3, 0.4) is 0 Å². The Kier molecular flexibility index (Phi) is 2.61. The molecule has 1 aromatic rings. The van der Waals surface area contributed by atoms with E-state index in [1.807, 2.05) is 0 Å². The molecule has 1 aromatic carbocycles. The number of halogens is 2. The average Bonchev–Trinajstić information content (AvgIpc) is 3.11. The molecule has 3 rings (SSSR count). The fourth-order valence-corrected chi connectivity index (χ4v) is 2.64. The van der Waals surface area contributed by atoms with Gasteiger partial charge in [-0.25, -0.2) is 4.39 Å². The van der Waals surface area contributed by atoms with Gasteiger partial charge in [0.25, 0.3) is 5.91 Å². The maximum atomic E-state index is 13.5. The molecule has 0 atom stereocenters. The summed E-state index contributed by atoms with van der Waals surface area (Å²) in [6, 6.07) is 3.92. The predicted molar refractivity (Wildman–Crippen MR) is 65.0 cm³/mol. The fraction of sp³-hybridized carbons (Fsp3) is 0.462. The molecule has 0 radical (unpaired) electrons. The van der Waals surface area contributed by atoms with Gasteiger partial charge in [-0.3, -0.25) is 4.79 Å². The lowest BCUT2D eigenvalue weighted by molar-refractivity contribution is -0.0959. The zero-order valence-corrected chi connectivity index (χ0v) is 10.5. The summed E-state index contributed by atoms with van der Waals surface area (Å²) in [5, 5.41) is 10.5. The van der Waals surface area contributed by atoms with E-state index in [9.17, 15) is 14.3 Å². The van der Waals surface area contributed by atoms with Crippen molar-refractivity contribution in [2.75, 3.05) is 13.1 Å². The zero-order chi connectivity index (χ0) is 12.9. The van der Waals surface area contributed by atoms with E-state index in [2.05, 4.69) is 0 Å². The standard InChI is InChI=1S/C13H13ClFNO2/c14-9-3-4-11(15)10(5-9)12(17)16-6-13(18,7-16)8-1-2-8/h3-5,8,18H,1-2,6-7H2. The second kappa shape index (κ2) is 3.93. The molecule has 1 amide bonds. The van der Waals surface area contributed by atoms with Gasteiger partial charge in [-0.1, -0.05) is 11.6 Å². The summed E-state index contributed by atoms with van der Waals surface area (Å²) in [6.07, 6.45) is 2.04. The van der Waals surface area contributed by atoms with Gasteiger partial charge < -0.3 is 10.0 Å². The molecule has 1 aliphatic carbocycles. The van der Waals surface area contributed by atoms with Crippen molar-refractivity contribution in [3.63, 3.8) is 0 Å². The molecule has 0 spiro atoms. The van der Waals surface area contributed by atoms with Crippen molar-refractivity contribution in [2.45, 2.75) is 18.4 Å². The first kappa shape index (κ1) is 11.9. The first-order valence-corrected chi connectivity index (χ1v) is 6.34. The lowest BCUT2D eigenvalue weighted by atomic mass is 9.88. The summed E-state index contributed by atoms with van der Waals surface area (Å²) in [5.41, 5.74) is -0.773. The van der Waals surface area contributed by atoms with Gasteiger partial charge in [-0.15, -0.1) is 0 Å². The molecular formula is C13H13ClFNO2. The summed E-state index contributed by atoms with van der Waals surface area (Å²) in [7, 11) is 0. The van der Waals surface area contributed by atoms with Gasteiger partial charge in [-0.05, 0) is 37.0 Å². The molecule has 1 saturated carbocycles. The summed E-state index contributed by atoms with van der Waals surface area (Å²) in [6.45, 7) is 0.588. The Morgan fingerprint density at radius 2 is 2.11 bits per heavy atom. The average molecular weight is 270 g/mol. The Balaban J connectivity index is 1.74. The largest absolute Gasteiger partial charge is 0.386 e. The second-order valence-corrected chi connectivity index (χ2v) is 5.60. The minimum Gasteiger partial charge on any atom is -0.386 e. The molecule has 1 N–H and O–H groups in total. The van der Waals surface area contributed by atoms with Gasteiger partial charge in [0.1, 0.15) is 11.4 Å². The van der Waals surface area contributed by atoms with E-state index in [-0.39, 0.29) is 5.56 Å². The molecular weight excluding hydrogens is 257 g/mol. The van der Waals surface area contributed by atoms with Crippen LogP contribution in [0.5, 0.6) is 0 Å². The van der Waals surface area contributed by atoms with Crippen LogP contribution in [-0.2, 0) is 0 Å². The van der Waals surface area contributed by atoms with Crippen LogP contribution < -0.4 is 0 Å². The monoisotopic (exact) mass is 269 g/mol. The second-order valence-electron chi connectivity index (χ2n) is 5.16. The summed E-state index contributed by atoms with van der Waals surface area (Å²) < 4.78 is 13.5. The fourth-order valence-electron chi connectivity index (χ4n) is 2.47. The third-order valence-electron chi connectivity index (χ3n) is 3.71. The first-order valence-electron chi connectivity index (χ1n) is 5.96. The van der Waals surface area contributed by atoms with E-state index in [1.165, 1.54) is 23.1 Å². The van der Waals surface area contributed by atoms with E-state index < -0.39 is 17.3 Å². The molecule has 1 aliphatic heterocycles. The maximum Gasteiger partial charge on any atom is 0.257 e. The number of rotatable bonds is 2. The van der Waals surface area contributed by atoms with Gasteiger partial charge in [0.15, 0.2) is 0 Å². The lowest BCUT2D eigenvalue weighted by Crippen LogP contribution is -2.64. The van der Waals surface area contributed by atoms with Crippen molar-refractivity contribution in [2.24, 2.45) is 5.92 Å². The van der Waals surface area contributed by atoms with Crippen molar-refractivity contribution in [1.29, 1.82) is 0 Å². The lowest BCUT2D eigenvalue weighted by Gasteiger charge is -2.47. The third-order valence-corrected chi connectivity index (χ3v) is 3.95. The molecule has 1 saturated heterocycles. The van der Waals surface area contributed by atoms with E-state index in [4.69, 9.17) is 11.6 Å². The van der Waals surface area contributed by atoms with Crippen LogP contribution in [0.4, 0.5) is 4.39 Å². The molecule has 0 unspecified atom stereocenters. The van der Waals surface area contributed by atoms with E-state index in [0.29, 0.717) is 24.0 Å². The summed E-state index contributed by atoms with van der Waals surface area (Å²) >= 11 is 5.76. The van der Waals surface area contributed by atoms with Crippen molar-refractivity contribution >= 4 is 17.5 Å². The number of hydrogen-bond acceptors (Lipinski definition) is 2. The van der Waals surface area contributed by atoms with Crippen LogP contribution in [0.25, 0.3) is 0 Å². The number of aliphatic hydroxyl groups is 1. The quantitative estimate of drug-likeness (QED) is 0.893. The highest BCUT2D eigenvalue weighted by Gasteiger charge is 2.53. The molecule has 0 bridgehead atoms. The molecule has 5 heteroatoms. The molecule has 18 heavy (non-hydrogen) atoms. The number of nitrogens with zero attached hydrogens (tertiary/aromatic N) is 1. The highest BCUT2D eigenvalue weighted by atomic mass is 35.5. The topological polar surface area (TPSA) is 40.5 Å². The van der Waals surface area contributed by atoms with E-state index >= 15 is 0 Å². The Labute approximate surface area is 109 Å². The first-order chi connectivity index (χ1) is 8.49. The Hall–Kier alpha value is -1.13. The molecule has 2 aliphatic rings. The number of carbonyl (C=O) groups excluding carboxylic acids is 1. The van der Waals surface area contributed by atoms with Gasteiger partial charge in [-0.2, -0.15) is 0 Å². The molecule has 1 heterocycles. The highest BCUT2D eigenvalue weighted by molar-refractivity contribution is 6.31. The van der Waals surface area contributed by atoms with Gasteiger partial charge in [0, 0.05) is 5.02 Å². The molecule has 96 valence electrons. The molecule has 3 nitrogen and oxygen atoms in total. The Morgan fingerprint density at radius 3 is 2.72 bits per heavy atom. The minimum atomic E-state index is -0.745. The maximum absolute atomic E-state index is 13.5. The number of β-amino-alcohol motifs (C(OH)–C–C–N with tert-alkyl or cyclic N) is 1. The van der Waals surface area contributed by atoms with Crippen molar-refractivity contribution in [3.8, 4) is 0 Å². The van der Waals surface area contributed by atoms with Crippen molar-refractivity contribution in [3.05, 3.63) is 34.6 Å². The third kappa shape index (κ3) is 1.89. The number of amides is 1. The molecule has 0 aromatic heterocycles. The predicted octanol–water partition coefficient (Wildman–Crippen LogP) is 2.08.